The summed E-state index contributed by atoms with van der Waals surface area (Å²) in [6.07, 6.45) is 0.752. The fraction of sp³-hybridized carbons (Fsp3) is 0.179. The lowest BCUT2D eigenvalue weighted by Crippen LogP contribution is -2.13. The largest absolute Gasteiger partial charge is 0.493 e. The van der Waals surface area contributed by atoms with Crippen molar-refractivity contribution in [1.29, 1.82) is 0 Å². The van der Waals surface area contributed by atoms with E-state index in [1.54, 1.807) is 14.2 Å². The topological polar surface area (TPSA) is 66.5 Å². The van der Waals surface area contributed by atoms with Crippen LogP contribution in [0.15, 0.2) is 78.9 Å². The van der Waals surface area contributed by atoms with Crippen molar-refractivity contribution in [2.75, 3.05) is 14.2 Å². The Hall–Kier alpha value is -3.99. The number of benzene rings is 3. The number of ether oxygens (including phenoxy) is 2. The minimum Gasteiger partial charge on any atom is -0.493 e. The molecule has 4 rings (SSSR count). The summed E-state index contributed by atoms with van der Waals surface area (Å²) in [6, 6.07) is 26.1. The molecule has 0 spiro atoms. The van der Waals surface area contributed by atoms with Crippen molar-refractivity contribution in [1.82, 2.24) is 4.57 Å². The summed E-state index contributed by atoms with van der Waals surface area (Å²) in [4.78, 5) is 12.6. The van der Waals surface area contributed by atoms with E-state index in [1.807, 2.05) is 73.7 Å². The standard InChI is InChI=1S/C28H28N2O3/c1-19-25(28(29)31)26(21-10-6-4-7-11-21)27(22-12-8-5-9-13-22)30(19)17-16-20-14-15-23(32-2)24(18-20)33-3/h4-15,18H,16-17H2,1-3H3,(H2,29,31). The zero-order valence-corrected chi connectivity index (χ0v) is 19.2. The van der Waals surface area contributed by atoms with E-state index in [0.29, 0.717) is 23.6 Å². The van der Waals surface area contributed by atoms with Crippen molar-refractivity contribution in [3.8, 4) is 33.9 Å². The first kappa shape index (κ1) is 22.2. The maximum absolute atomic E-state index is 12.6. The molecule has 0 atom stereocenters. The molecule has 0 saturated carbocycles. The number of primary amides is 1. The van der Waals surface area contributed by atoms with Gasteiger partial charge in [-0.1, -0.05) is 66.7 Å². The highest BCUT2D eigenvalue weighted by Gasteiger charge is 2.25. The third-order valence-corrected chi connectivity index (χ3v) is 5.95. The second kappa shape index (κ2) is 9.65. The van der Waals surface area contributed by atoms with Crippen molar-refractivity contribution in [3.63, 3.8) is 0 Å². The van der Waals surface area contributed by atoms with E-state index in [2.05, 4.69) is 16.7 Å². The van der Waals surface area contributed by atoms with Crippen LogP contribution in [-0.4, -0.2) is 24.7 Å². The van der Waals surface area contributed by atoms with Crippen molar-refractivity contribution in [2.24, 2.45) is 5.73 Å². The lowest BCUT2D eigenvalue weighted by molar-refractivity contribution is 0.1000. The normalized spacial score (nSPS) is 10.8. The van der Waals surface area contributed by atoms with Crippen molar-refractivity contribution in [2.45, 2.75) is 19.9 Å². The predicted octanol–water partition coefficient (Wildman–Crippen LogP) is 5.49. The van der Waals surface area contributed by atoms with E-state index in [-0.39, 0.29) is 0 Å². The Bertz CT molecular complexity index is 1260. The molecule has 0 aliphatic carbocycles. The number of aromatic nitrogens is 1. The number of methoxy groups -OCH3 is 2. The zero-order valence-electron chi connectivity index (χ0n) is 19.2. The molecule has 0 fully saturated rings. The van der Waals surface area contributed by atoms with Gasteiger partial charge in [-0.05, 0) is 42.2 Å². The number of carbonyl (C=O) groups excluding carboxylic acids is 1. The van der Waals surface area contributed by atoms with Crippen LogP contribution >= 0.6 is 0 Å². The number of amides is 1. The number of hydrogen-bond donors (Lipinski definition) is 1. The van der Waals surface area contributed by atoms with E-state index in [1.165, 1.54) is 0 Å². The van der Waals surface area contributed by atoms with Gasteiger partial charge in [-0.25, -0.2) is 0 Å². The molecule has 0 unspecified atom stereocenters. The summed E-state index contributed by atoms with van der Waals surface area (Å²) in [5, 5.41) is 0. The molecule has 0 radical (unpaired) electrons. The van der Waals surface area contributed by atoms with Gasteiger partial charge in [0.25, 0.3) is 5.91 Å². The lowest BCUT2D eigenvalue weighted by Gasteiger charge is -2.15. The summed E-state index contributed by atoms with van der Waals surface area (Å²) in [5.74, 6) is 0.976. The molecule has 0 bridgehead atoms. The average molecular weight is 441 g/mol. The zero-order chi connectivity index (χ0) is 23.4. The summed E-state index contributed by atoms with van der Waals surface area (Å²) in [6.45, 7) is 2.65. The summed E-state index contributed by atoms with van der Waals surface area (Å²) < 4.78 is 13.0. The van der Waals surface area contributed by atoms with Crippen molar-refractivity contribution < 1.29 is 14.3 Å². The summed E-state index contributed by atoms with van der Waals surface area (Å²) in [7, 11) is 3.26. The summed E-state index contributed by atoms with van der Waals surface area (Å²) in [5.41, 5.74) is 12.3. The van der Waals surface area contributed by atoms with E-state index in [9.17, 15) is 4.79 Å². The van der Waals surface area contributed by atoms with E-state index < -0.39 is 5.91 Å². The first-order valence-corrected chi connectivity index (χ1v) is 10.9. The quantitative estimate of drug-likeness (QED) is 0.394. The highest BCUT2D eigenvalue weighted by atomic mass is 16.5. The average Bonchev–Trinajstić information content (AvgIpc) is 3.15. The van der Waals surface area contributed by atoms with Crippen LogP contribution in [0.3, 0.4) is 0 Å². The Labute approximate surface area is 194 Å². The maximum atomic E-state index is 12.6. The fourth-order valence-electron chi connectivity index (χ4n) is 4.38. The van der Waals surface area contributed by atoms with Crippen molar-refractivity contribution >= 4 is 5.91 Å². The lowest BCUT2D eigenvalue weighted by atomic mass is 9.96. The van der Waals surface area contributed by atoms with Crippen LogP contribution in [0.2, 0.25) is 0 Å². The van der Waals surface area contributed by atoms with Crippen LogP contribution in [0.4, 0.5) is 0 Å². The predicted molar refractivity (Wildman–Crippen MR) is 132 cm³/mol. The van der Waals surface area contributed by atoms with Crippen LogP contribution in [0.5, 0.6) is 11.5 Å². The first-order chi connectivity index (χ1) is 16.0. The number of nitrogens with two attached hydrogens (primary N) is 1. The molecule has 3 aromatic carbocycles. The third-order valence-electron chi connectivity index (χ3n) is 5.95. The number of nitrogens with zero attached hydrogens (tertiary/aromatic N) is 1. The number of carbonyl (C=O) groups is 1. The molecule has 168 valence electrons. The summed E-state index contributed by atoms with van der Waals surface area (Å²) >= 11 is 0. The molecular formula is C28H28N2O3. The molecule has 0 aliphatic heterocycles. The first-order valence-electron chi connectivity index (χ1n) is 10.9. The van der Waals surface area contributed by atoms with E-state index in [4.69, 9.17) is 15.2 Å². The fourth-order valence-corrected chi connectivity index (χ4v) is 4.38. The Morgan fingerprint density at radius 1 is 0.848 bits per heavy atom. The second-order valence-corrected chi connectivity index (χ2v) is 7.87. The minimum atomic E-state index is -0.423. The van der Waals surface area contributed by atoms with Crippen LogP contribution in [-0.2, 0) is 13.0 Å². The Morgan fingerprint density at radius 2 is 1.45 bits per heavy atom. The molecule has 0 aliphatic rings. The van der Waals surface area contributed by atoms with Gasteiger partial charge >= 0.3 is 0 Å². The Balaban J connectivity index is 1.85. The molecule has 1 aromatic heterocycles. The molecule has 1 heterocycles. The highest BCUT2D eigenvalue weighted by Crippen LogP contribution is 2.39. The SMILES string of the molecule is COc1ccc(CCn2c(C)c(C(N)=O)c(-c3ccccc3)c2-c2ccccc2)cc1OC. The Morgan fingerprint density at radius 3 is 2.03 bits per heavy atom. The second-order valence-electron chi connectivity index (χ2n) is 7.87. The van der Waals surface area contributed by atoms with Gasteiger partial charge in [-0.3, -0.25) is 4.79 Å². The van der Waals surface area contributed by atoms with Crippen molar-refractivity contribution in [3.05, 3.63) is 95.7 Å². The number of rotatable bonds is 8. The van der Waals surface area contributed by atoms with Gasteiger partial charge in [-0.2, -0.15) is 0 Å². The van der Waals surface area contributed by atoms with Crippen LogP contribution in [0.1, 0.15) is 21.6 Å². The van der Waals surface area contributed by atoms with Gasteiger partial charge in [0.2, 0.25) is 0 Å². The van der Waals surface area contributed by atoms with Crippen LogP contribution in [0, 0.1) is 6.92 Å². The molecule has 5 nitrogen and oxygen atoms in total. The molecule has 0 saturated heterocycles. The molecule has 2 N–H and O–H groups in total. The number of aryl methyl sites for hydroxylation is 1. The van der Waals surface area contributed by atoms with Crippen LogP contribution < -0.4 is 15.2 Å². The van der Waals surface area contributed by atoms with Gasteiger partial charge in [0.05, 0.1) is 25.5 Å². The molecule has 33 heavy (non-hydrogen) atoms. The number of hydrogen-bond acceptors (Lipinski definition) is 3. The maximum Gasteiger partial charge on any atom is 0.251 e. The molecule has 1 amide bonds. The van der Waals surface area contributed by atoms with Gasteiger partial charge in [0, 0.05) is 17.8 Å². The smallest absolute Gasteiger partial charge is 0.251 e. The van der Waals surface area contributed by atoms with E-state index >= 15 is 0 Å². The van der Waals surface area contributed by atoms with Gasteiger partial charge < -0.3 is 19.8 Å². The molecule has 5 heteroatoms. The third kappa shape index (κ3) is 4.35. The highest BCUT2D eigenvalue weighted by molar-refractivity contribution is 6.05. The van der Waals surface area contributed by atoms with Crippen LogP contribution in [0.25, 0.3) is 22.4 Å². The molecule has 4 aromatic rings. The monoisotopic (exact) mass is 440 g/mol. The van der Waals surface area contributed by atoms with Gasteiger partial charge in [0.1, 0.15) is 0 Å². The van der Waals surface area contributed by atoms with Gasteiger partial charge in [-0.15, -0.1) is 0 Å². The minimum absolute atomic E-state index is 0.423. The molecular weight excluding hydrogens is 412 g/mol. The van der Waals surface area contributed by atoms with E-state index in [0.717, 1.165) is 40.1 Å². The Kier molecular flexibility index (Phi) is 6.50. The van der Waals surface area contributed by atoms with Gasteiger partial charge in [0.15, 0.2) is 11.5 Å².